The highest BCUT2D eigenvalue weighted by molar-refractivity contribution is 6.15. The molecule has 3 heterocycles. The summed E-state index contributed by atoms with van der Waals surface area (Å²) in [5.74, 6) is 0. The van der Waals surface area contributed by atoms with Gasteiger partial charge in [-0.2, -0.15) is 0 Å². The highest BCUT2D eigenvalue weighted by Crippen LogP contribution is 2.29. The second-order valence-electron chi connectivity index (χ2n) is 7.11. The van der Waals surface area contributed by atoms with E-state index in [0.29, 0.717) is 0 Å². The van der Waals surface area contributed by atoms with Crippen LogP contribution in [0.2, 0.25) is 0 Å². The highest BCUT2D eigenvalue weighted by Gasteiger charge is 2.16. The van der Waals surface area contributed by atoms with Crippen molar-refractivity contribution in [3.63, 3.8) is 0 Å². The Kier molecular flexibility index (Phi) is 5.00. The molecule has 134 valence electrons. The lowest BCUT2D eigenvalue weighted by Crippen LogP contribution is -2.30. The van der Waals surface area contributed by atoms with Crippen molar-refractivity contribution in [2.45, 2.75) is 32.1 Å². The van der Waals surface area contributed by atoms with E-state index in [0.717, 1.165) is 55.0 Å². The molecule has 0 saturated carbocycles. The van der Waals surface area contributed by atoms with Gasteiger partial charge in [-0.25, -0.2) is 0 Å². The summed E-state index contributed by atoms with van der Waals surface area (Å²) in [5, 5.41) is 0. The third-order valence-electron chi connectivity index (χ3n) is 5.20. The van der Waals surface area contributed by atoms with Crippen LogP contribution in [0, 0.1) is 0 Å². The summed E-state index contributed by atoms with van der Waals surface area (Å²) in [7, 11) is 0. The second-order valence-corrected chi connectivity index (χ2v) is 7.11. The number of pyridine rings is 1. The van der Waals surface area contributed by atoms with Gasteiger partial charge in [0.05, 0.1) is 17.1 Å². The molecule has 2 N–H and O–H groups in total. The van der Waals surface area contributed by atoms with Crippen LogP contribution in [0.3, 0.4) is 0 Å². The second kappa shape index (κ2) is 7.73. The Bertz CT molecular complexity index is 817. The molecule has 2 aromatic rings. The zero-order valence-electron chi connectivity index (χ0n) is 15.2. The number of nitrogens with zero attached hydrogens (tertiary/aromatic N) is 3. The number of allylic oxidation sites excluding steroid dienone is 1. The summed E-state index contributed by atoms with van der Waals surface area (Å²) >= 11 is 0. The molecule has 4 nitrogen and oxygen atoms in total. The first-order chi connectivity index (χ1) is 12.8. The Labute approximate surface area is 155 Å². The average Bonchev–Trinajstić information content (AvgIpc) is 2.70. The fourth-order valence-electron chi connectivity index (χ4n) is 3.89. The van der Waals surface area contributed by atoms with Crippen molar-refractivity contribution in [1.29, 1.82) is 0 Å². The van der Waals surface area contributed by atoms with Gasteiger partial charge in [-0.15, -0.1) is 0 Å². The van der Waals surface area contributed by atoms with Crippen LogP contribution < -0.4 is 10.6 Å². The largest absolute Gasteiger partial charge is 0.397 e. The fourth-order valence-corrected chi connectivity index (χ4v) is 3.89. The number of aliphatic imine (C=N–C) groups is 1. The number of benzene rings is 1. The molecule has 0 amide bonds. The van der Waals surface area contributed by atoms with E-state index in [2.05, 4.69) is 40.2 Å². The SMILES string of the molecule is Nc1cc(C=C2CCCN=C2c2cccnc2)ccc1N1CCCCC1. The molecule has 2 aliphatic rings. The Morgan fingerprint density at radius 3 is 2.69 bits per heavy atom. The van der Waals surface area contributed by atoms with Crippen LogP contribution in [0.4, 0.5) is 11.4 Å². The van der Waals surface area contributed by atoms with Gasteiger partial charge >= 0.3 is 0 Å². The van der Waals surface area contributed by atoms with Crippen molar-refractivity contribution in [3.8, 4) is 0 Å². The van der Waals surface area contributed by atoms with E-state index < -0.39 is 0 Å². The molecule has 0 aliphatic carbocycles. The van der Waals surface area contributed by atoms with Crippen molar-refractivity contribution in [2.24, 2.45) is 4.99 Å². The van der Waals surface area contributed by atoms with Gasteiger partial charge in [0.15, 0.2) is 0 Å². The summed E-state index contributed by atoms with van der Waals surface area (Å²) in [4.78, 5) is 11.4. The summed E-state index contributed by atoms with van der Waals surface area (Å²) in [5.41, 5.74) is 13.0. The van der Waals surface area contributed by atoms with Crippen LogP contribution in [-0.2, 0) is 0 Å². The Morgan fingerprint density at radius 2 is 1.92 bits per heavy atom. The number of nitrogens with two attached hydrogens (primary N) is 1. The maximum Gasteiger partial charge on any atom is 0.0694 e. The molecule has 4 rings (SSSR count). The predicted molar refractivity (Wildman–Crippen MR) is 110 cm³/mol. The molecule has 4 heteroatoms. The summed E-state index contributed by atoms with van der Waals surface area (Å²) in [6, 6.07) is 10.5. The molecule has 26 heavy (non-hydrogen) atoms. The van der Waals surface area contributed by atoms with Crippen molar-refractivity contribution in [2.75, 3.05) is 30.3 Å². The maximum absolute atomic E-state index is 6.39. The van der Waals surface area contributed by atoms with Crippen molar-refractivity contribution in [1.82, 2.24) is 4.98 Å². The summed E-state index contributed by atoms with van der Waals surface area (Å²) in [6.07, 6.45) is 11.9. The lowest BCUT2D eigenvalue weighted by atomic mass is 9.94. The fraction of sp³-hybridized carbons (Fsp3) is 0.364. The van der Waals surface area contributed by atoms with E-state index >= 15 is 0 Å². The normalized spacial score (nSPS) is 19.5. The third kappa shape index (κ3) is 3.64. The minimum absolute atomic E-state index is 0.872. The van der Waals surface area contributed by atoms with Crippen LogP contribution in [-0.4, -0.2) is 30.3 Å². The lowest BCUT2D eigenvalue weighted by molar-refractivity contribution is 0.578. The molecule has 1 aromatic carbocycles. The third-order valence-corrected chi connectivity index (χ3v) is 5.20. The van der Waals surface area contributed by atoms with Gasteiger partial charge in [-0.3, -0.25) is 9.98 Å². The van der Waals surface area contributed by atoms with E-state index in [1.54, 1.807) is 6.20 Å². The quantitative estimate of drug-likeness (QED) is 0.842. The Hall–Kier alpha value is -2.62. The predicted octanol–water partition coefficient (Wildman–Crippen LogP) is 4.32. The van der Waals surface area contributed by atoms with Crippen molar-refractivity contribution >= 4 is 23.2 Å². The van der Waals surface area contributed by atoms with Gasteiger partial charge in [-0.1, -0.05) is 6.07 Å². The van der Waals surface area contributed by atoms with Crippen LogP contribution in [0.1, 0.15) is 43.2 Å². The number of piperidine rings is 1. The zero-order valence-corrected chi connectivity index (χ0v) is 15.2. The van der Waals surface area contributed by atoms with Gasteiger partial charge in [0.2, 0.25) is 0 Å². The minimum atomic E-state index is 0.872. The molecule has 0 bridgehead atoms. The van der Waals surface area contributed by atoms with Crippen LogP contribution in [0.15, 0.2) is 53.3 Å². The van der Waals surface area contributed by atoms with E-state index in [9.17, 15) is 0 Å². The molecule has 0 atom stereocenters. The van der Waals surface area contributed by atoms with Gasteiger partial charge in [0.25, 0.3) is 0 Å². The summed E-state index contributed by atoms with van der Waals surface area (Å²) in [6.45, 7) is 3.11. The van der Waals surface area contributed by atoms with E-state index in [-0.39, 0.29) is 0 Å². The number of hydrogen-bond donors (Lipinski definition) is 1. The van der Waals surface area contributed by atoms with Crippen LogP contribution in [0.25, 0.3) is 6.08 Å². The first-order valence-corrected chi connectivity index (χ1v) is 9.61. The van der Waals surface area contributed by atoms with E-state index in [4.69, 9.17) is 10.7 Å². The van der Waals surface area contributed by atoms with Gasteiger partial charge in [0.1, 0.15) is 0 Å². The first-order valence-electron chi connectivity index (χ1n) is 9.61. The monoisotopic (exact) mass is 346 g/mol. The Morgan fingerprint density at radius 1 is 1.04 bits per heavy atom. The van der Waals surface area contributed by atoms with Crippen LogP contribution in [0.5, 0.6) is 0 Å². The lowest BCUT2D eigenvalue weighted by Gasteiger charge is -2.30. The molecule has 0 unspecified atom stereocenters. The molecule has 2 aliphatic heterocycles. The number of aromatic nitrogens is 1. The summed E-state index contributed by atoms with van der Waals surface area (Å²) < 4.78 is 0. The van der Waals surface area contributed by atoms with E-state index in [1.165, 1.54) is 30.5 Å². The van der Waals surface area contributed by atoms with Crippen LogP contribution >= 0.6 is 0 Å². The average molecular weight is 346 g/mol. The highest BCUT2D eigenvalue weighted by atomic mass is 15.1. The topological polar surface area (TPSA) is 54.5 Å². The zero-order chi connectivity index (χ0) is 17.8. The molecule has 0 radical (unpaired) electrons. The molecule has 0 spiro atoms. The number of hydrogen-bond acceptors (Lipinski definition) is 4. The smallest absolute Gasteiger partial charge is 0.0694 e. The number of anilines is 2. The molecule has 1 aromatic heterocycles. The minimum Gasteiger partial charge on any atom is -0.397 e. The van der Waals surface area contributed by atoms with Crippen molar-refractivity contribution < 1.29 is 0 Å². The van der Waals surface area contributed by atoms with Crippen molar-refractivity contribution in [3.05, 3.63) is 59.4 Å². The Balaban J connectivity index is 1.61. The molecular weight excluding hydrogens is 320 g/mol. The van der Waals surface area contributed by atoms with Gasteiger partial charge < -0.3 is 10.6 Å². The molecular formula is C22H26N4. The maximum atomic E-state index is 6.39. The molecule has 1 fully saturated rings. The first kappa shape index (κ1) is 16.8. The van der Waals surface area contributed by atoms with Gasteiger partial charge in [-0.05, 0) is 73.6 Å². The number of nitrogen functional groups attached to an aromatic ring is 1. The van der Waals surface area contributed by atoms with E-state index in [1.807, 2.05) is 12.3 Å². The number of rotatable bonds is 3. The molecule has 1 saturated heterocycles. The van der Waals surface area contributed by atoms with Gasteiger partial charge in [0, 0.05) is 37.6 Å². The standard InChI is InChI=1S/C22H26N4/c23-20-15-17(8-9-21(20)26-12-2-1-3-13-26)14-18-6-5-11-25-22(18)19-7-4-10-24-16-19/h4,7-10,14-16H,1-3,5-6,11-13,23H2.